The molecule has 2 N–H and O–H groups in total. The zero-order valence-corrected chi connectivity index (χ0v) is 23.0. The van der Waals surface area contributed by atoms with Crippen LogP contribution in [0.1, 0.15) is 66.1 Å². The number of aromatic carboxylic acids is 1. The standard InChI is InChI=1S/C31H29F3N4O5/c32-31(33,34)42-25-4-2-1-3-21(25)28-22(29(43-38-28)16-5-6-16)15-41-20-11-17-7-8-18(12-20)27(17)37-26-14-35-24-13-19(30(39)40)9-10-23(24)36-26/h1-4,9-10,13-14,16-18,20,27H,5-8,11-12,15H2,(H,36,37)(H,39,40). The van der Waals surface area contributed by atoms with Gasteiger partial charge in [0.25, 0.3) is 0 Å². The van der Waals surface area contributed by atoms with Crippen molar-refractivity contribution in [3.63, 3.8) is 0 Å². The maximum atomic E-state index is 13.1. The summed E-state index contributed by atoms with van der Waals surface area (Å²) in [5.41, 5.74) is 2.55. The predicted octanol–water partition coefficient (Wildman–Crippen LogP) is 6.94. The lowest BCUT2D eigenvalue weighted by molar-refractivity contribution is -0.274. The van der Waals surface area contributed by atoms with Gasteiger partial charge < -0.3 is 24.4 Å². The van der Waals surface area contributed by atoms with Crippen LogP contribution in [0.15, 0.2) is 53.2 Å². The SMILES string of the molecule is O=C(O)c1ccc2nc(NC3C4CCC3CC(OCc3c(-c5ccccc5OC(F)(F)F)noc3C3CC3)C4)cnc2c1. The van der Waals surface area contributed by atoms with Gasteiger partial charge in [0, 0.05) is 23.1 Å². The number of alkyl halides is 3. The number of aromatic nitrogens is 3. The van der Waals surface area contributed by atoms with E-state index in [-0.39, 0.29) is 41.5 Å². The highest BCUT2D eigenvalue weighted by molar-refractivity contribution is 5.92. The summed E-state index contributed by atoms with van der Waals surface area (Å²) in [7, 11) is 0. The summed E-state index contributed by atoms with van der Waals surface area (Å²) in [6.45, 7) is 0.196. The van der Waals surface area contributed by atoms with Crippen molar-refractivity contribution in [2.75, 3.05) is 5.32 Å². The van der Waals surface area contributed by atoms with Gasteiger partial charge in [-0.25, -0.2) is 9.78 Å². The number of para-hydroxylation sites is 1. The summed E-state index contributed by atoms with van der Waals surface area (Å²) in [5.74, 6) is 0.926. The largest absolute Gasteiger partial charge is 0.573 e. The molecule has 0 amide bonds. The van der Waals surface area contributed by atoms with E-state index in [2.05, 4.69) is 25.2 Å². The van der Waals surface area contributed by atoms with Crippen LogP contribution in [-0.4, -0.2) is 44.7 Å². The maximum Gasteiger partial charge on any atom is 0.573 e. The number of hydrogen-bond donors (Lipinski definition) is 2. The Morgan fingerprint density at radius 2 is 1.81 bits per heavy atom. The van der Waals surface area contributed by atoms with Crippen LogP contribution < -0.4 is 10.1 Å². The average molecular weight is 595 g/mol. The minimum atomic E-state index is -4.83. The van der Waals surface area contributed by atoms with Crippen molar-refractivity contribution in [2.24, 2.45) is 11.8 Å². The van der Waals surface area contributed by atoms with Crippen LogP contribution in [-0.2, 0) is 11.3 Å². The maximum absolute atomic E-state index is 13.1. The van der Waals surface area contributed by atoms with Gasteiger partial charge in [-0.05, 0) is 80.7 Å². The highest BCUT2D eigenvalue weighted by Crippen LogP contribution is 2.47. The summed E-state index contributed by atoms with van der Waals surface area (Å²) in [6, 6.07) is 10.9. The third-order valence-electron chi connectivity index (χ3n) is 8.76. The van der Waals surface area contributed by atoms with Gasteiger partial charge in [-0.2, -0.15) is 0 Å². The van der Waals surface area contributed by atoms with Crippen molar-refractivity contribution in [1.29, 1.82) is 0 Å². The first-order valence-corrected chi connectivity index (χ1v) is 14.4. The molecule has 2 unspecified atom stereocenters. The molecule has 7 rings (SSSR count). The second-order valence-electron chi connectivity index (χ2n) is 11.6. The Bertz CT molecular complexity index is 1660. The van der Waals surface area contributed by atoms with E-state index in [0.29, 0.717) is 45.7 Å². The third kappa shape index (κ3) is 5.75. The highest BCUT2D eigenvalue weighted by Gasteiger charge is 2.44. The minimum absolute atomic E-state index is 0.0100. The van der Waals surface area contributed by atoms with Crippen LogP contribution in [0, 0.1) is 11.8 Å². The normalized spacial score (nSPS) is 23.4. The highest BCUT2D eigenvalue weighted by atomic mass is 19.4. The fourth-order valence-electron chi connectivity index (χ4n) is 6.65. The molecule has 3 saturated carbocycles. The lowest BCUT2D eigenvalue weighted by atomic mass is 9.82. The molecule has 9 nitrogen and oxygen atoms in total. The molecule has 224 valence electrons. The van der Waals surface area contributed by atoms with E-state index in [1.165, 1.54) is 24.3 Å². The zero-order valence-electron chi connectivity index (χ0n) is 23.0. The van der Waals surface area contributed by atoms with E-state index in [0.717, 1.165) is 38.5 Å². The number of nitrogens with one attached hydrogen (secondary N) is 1. The first-order valence-electron chi connectivity index (χ1n) is 14.4. The molecule has 2 atom stereocenters. The van der Waals surface area contributed by atoms with E-state index < -0.39 is 12.3 Å². The topological polar surface area (TPSA) is 120 Å². The number of carboxylic acid groups (broad SMARTS) is 1. The van der Waals surface area contributed by atoms with Gasteiger partial charge in [0.2, 0.25) is 0 Å². The average Bonchev–Trinajstić information content (AvgIpc) is 3.69. The van der Waals surface area contributed by atoms with E-state index in [9.17, 15) is 23.1 Å². The summed E-state index contributed by atoms with van der Waals surface area (Å²) < 4.78 is 55.7. The monoisotopic (exact) mass is 594 g/mol. The lowest BCUT2D eigenvalue weighted by Crippen LogP contribution is -2.39. The summed E-state index contributed by atoms with van der Waals surface area (Å²) in [6.07, 6.45) is 2.48. The molecule has 43 heavy (non-hydrogen) atoms. The molecule has 4 aromatic rings. The third-order valence-corrected chi connectivity index (χ3v) is 8.76. The molecule has 0 aliphatic heterocycles. The van der Waals surface area contributed by atoms with Crippen molar-refractivity contribution in [3.8, 4) is 17.0 Å². The van der Waals surface area contributed by atoms with Gasteiger partial charge in [-0.1, -0.05) is 17.3 Å². The number of hydrogen-bond acceptors (Lipinski definition) is 8. The van der Waals surface area contributed by atoms with Gasteiger partial charge in [-0.15, -0.1) is 13.2 Å². The Hall–Kier alpha value is -4.19. The van der Waals surface area contributed by atoms with Gasteiger partial charge in [0.05, 0.1) is 35.5 Å². The molecule has 2 bridgehead atoms. The fraction of sp³-hybridized carbons (Fsp3) is 0.419. The Kier molecular flexibility index (Phi) is 6.95. The fourth-order valence-corrected chi connectivity index (χ4v) is 6.65. The molecule has 2 aromatic carbocycles. The van der Waals surface area contributed by atoms with E-state index in [1.807, 2.05) is 0 Å². The molecule has 2 aromatic heterocycles. The second-order valence-corrected chi connectivity index (χ2v) is 11.6. The number of fused-ring (bicyclic) bond motifs is 3. The Labute approximate surface area is 244 Å². The predicted molar refractivity (Wildman–Crippen MR) is 149 cm³/mol. The molecular formula is C31H29F3N4O5. The van der Waals surface area contributed by atoms with Crippen LogP contribution in [0.25, 0.3) is 22.3 Å². The first kappa shape index (κ1) is 27.6. The van der Waals surface area contributed by atoms with Crippen LogP contribution in [0.2, 0.25) is 0 Å². The smallest absolute Gasteiger partial charge is 0.478 e. The molecule has 2 heterocycles. The minimum Gasteiger partial charge on any atom is -0.478 e. The molecule has 0 saturated heterocycles. The number of halogens is 3. The summed E-state index contributed by atoms with van der Waals surface area (Å²) >= 11 is 0. The molecule has 3 aliphatic rings. The van der Waals surface area contributed by atoms with Crippen LogP contribution in [0.4, 0.5) is 19.0 Å². The number of benzene rings is 2. The number of anilines is 1. The van der Waals surface area contributed by atoms with Gasteiger partial charge >= 0.3 is 12.3 Å². The van der Waals surface area contributed by atoms with Crippen LogP contribution in [0.5, 0.6) is 5.75 Å². The Morgan fingerprint density at radius 1 is 1.05 bits per heavy atom. The Balaban J connectivity index is 1.05. The van der Waals surface area contributed by atoms with Crippen molar-refractivity contribution < 1.29 is 37.1 Å². The number of carbonyl (C=O) groups is 1. The van der Waals surface area contributed by atoms with Crippen molar-refractivity contribution in [3.05, 3.63) is 65.5 Å². The van der Waals surface area contributed by atoms with E-state index in [4.69, 9.17) is 9.26 Å². The van der Waals surface area contributed by atoms with E-state index >= 15 is 0 Å². The van der Waals surface area contributed by atoms with Crippen molar-refractivity contribution in [2.45, 2.75) is 69.6 Å². The van der Waals surface area contributed by atoms with E-state index in [1.54, 1.807) is 24.4 Å². The molecule has 3 aliphatic carbocycles. The number of carboxylic acids is 1. The molecular weight excluding hydrogens is 565 g/mol. The summed E-state index contributed by atoms with van der Waals surface area (Å²) in [5, 5.41) is 17.0. The number of nitrogens with zero attached hydrogens (tertiary/aromatic N) is 3. The van der Waals surface area contributed by atoms with Crippen LogP contribution >= 0.6 is 0 Å². The number of ether oxygens (including phenoxy) is 2. The number of rotatable bonds is 9. The van der Waals surface area contributed by atoms with Gasteiger partial charge in [0.15, 0.2) is 0 Å². The molecule has 12 heteroatoms. The van der Waals surface area contributed by atoms with Crippen LogP contribution in [0.3, 0.4) is 0 Å². The van der Waals surface area contributed by atoms with Crippen molar-refractivity contribution in [1.82, 2.24) is 15.1 Å². The van der Waals surface area contributed by atoms with Gasteiger partial charge in [0.1, 0.15) is 23.0 Å². The molecule has 0 spiro atoms. The first-order chi connectivity index (χ1) is 20.7. The zero-order chi connectivity index (χ0) is 29.7. The Morgan fingerprint density at radius 3 is 2.53 bits per heavy atom. The lowest BCUT2D eigenvalue weighted by Gasteiger charge is -2.36. The molecule has 0 radical (unpaired) electrons. The summed E-state index contributed by atoms with van der Waals surface area (Å²) in [4.78, 5) is 20.3. The van der Waals surface area contributed by atoms with Crippen molar-refractivity contribution >= 4 is 22.8 Å². The van der Waals surface area contributed by atoms with Gasteiger partial charge in [-0.3, -0.25) is 4.98 Å². The quantitative estimate of drug-likeness (QED) is 0.212. The molecule has 3 fully saturated rings. The second kappa shape index (κ2) is 10.8.